The van der Waals surface area contributed by atoms with Crippen LogP contribution >= 0.6 is 11.6 Å². The maximum Gasteiger partial charge on any atom is 0.280 e. The van der Waals surface area contributed by atoms with Gasteiger partial charge in [-0.3, -0.25) is 9.59 Å². The number of carbonyl (C=O) groups is 2. The van der Waals surface area contributed by atoms with E-state index in [9.17, 15) is 9.59 Å². The van der Waals surface area contributed by atoms with E-state index >= 15 is 0 Å². The number of hydrogen-bond donors (Lipinski definition) is 3. The predicted molar refractivity (Wildman–Crippen MR) is 115 cm³/mol. The Hall–Kier alpha value is -3.59. The predicted octanol–water partition coefficient (Wildman–Crippen LogP) is 2.98. The van der Waals surface area contributed by atoms with Crippen LogP contribution in [0.3, 0.4) is 0 Å². The minimum Gasteiger partial charge on any atom is -0.495 e. The van der Waals surface area contributed by atoms with Crippen LogP contribution in [0.25, 0.3) is 0 Å². The van der Waals surface area contributed by atoms with Crippen molar-refractivity contribution < 1.29 is 14.3 Å². The maximum absolute atomic E-state index is 12.4. The third-order valence-electron chi connectivity index (χ3n) is 4.34. The minimum atomic E-state index is -0.509. The summed E-state index contributed by atoms with van der Waals surface area (Å²) in [4.78, 5) is 24.7. The normalized spacial score (nSPS) is 10.5. The van der Waals surface area contributed by atoms with Gasteiger partial charge in [0.25, 0.3) is 5.91 Å². The Morgan fingerprint density at radius 3 is 2.47 bits per heavy atom. The average molecular weight is 429 g/mol. The zero-order valence-corrected chi connectivity index (χ0v) is 17.2. The Morgan fingerprint density at radius 2 is 1.83 bits per heavy atom. The Labute approximate surface area is 178 Å². The summed E-state index contributed by atoms with van der Waals surface area (Å²) in [6.45, 7) is 1.83. The second-order valence-corrected chi connectivity index (χ2v) is 6.79. The molecule has 0 aliphatic rings. The topological polar surface area (TPSA) is 124 Å². The van der Waals surface area contributed by atoms with E-state index in [4.69, 9.17) is 22.1 Å². The van der Waals surface area contributed by atoms with Gasteiger partial charge < -0.3 is 21.1 Å². The molecule has 3 rings (SSSR count). The van der Waals surface area contributed by atoms with Crippen molar-refractivity contribution in [2.75, 3.05) is 23.5 Å². The fourth-order valence-electron chi connectivity index (χ4n) is 2.69. The van der Waals surface area contributed by atoms with Crippen molar-refractivity contribution in [3.05, 3.63) is 58.7 Å². The number of aromatic nitrogens is 3. The molecule has 1 heterocycles. The quantitative estimate of drug-likeness (QED) is 0.531. The first-order valence-electron chi connectivity index (χ1n) is 9.14. The minimum absolute atomic E-state index is 0.0133. The second kappa shape index (κ2) is 9.27. The standard InChI is InChI=1S/C20H21ClN6O3/c1-3-12-4-6-13(7-5-12)24-20(29)18-19(22)27(26-25-18)11-17(28)23-14-8-9-16(30-2)15(21)10-14/h4-10H,3,11,22H2,1-2H3,(H,23,28)(H,24,29). The number of nitrogen functional groups attached to an aromatic ring is 1. The summed E-state index contributed by atoms with van der Waals surface area (Å²) in [7, 11) is 1.50. The molecule has 0 fully saturated rings. The van der Waals surface area contributed by atoms with Crippen LogP contribution in [0.4, 0.5) is 17.2 Å². The first kappa shape index (κ1) is 21.1. The van der Waals surface area contributed by atoms with Crippen LogP contribution < -0.4 is 21.1 Å². The average Bonchev–Trinajstić information content (AvgIpc) is 3.09. The molecule has 0 aliphatic heterocycles. The number of ether oxygens (including phenoxy) is 1. The number of rotatable bonds is 7. The molecule has 0 spiro atoms. The van der Waals surface area contributed by atoms with Gasteiger partial charge in [0.2, 0.25) is 5.91 Å². The van der Waals surface area contributed by atoms with Crippen LogP contribution in [0, 0.1) is 0 Å². The summed E-state index contributed by atoms with van der Waals surface area (Å²) in [5, 5.41) is 13.4. The number of amides is 2. The maximum atomic E-state index is 12.4. The molecule has 3 aromatic rings. The molecular weight excluding hydrogens is 408 g/mol. The van der Waals surface area contributed by atoms with Crippen LogP contribution in [-0.2, 0) is 17.8 Å². The van der Waals surface area contributed by atoms with Crippen molar-refractivity contribution in [2.24, 2.45) is 0 Å². The Balaban J connectivity index is 1.64. The molecule has 0 saturated carbocycles. The molecule has 0 bridgehead atoms. The number of carbonyl (C=O) groups excluding carboxylic acids is 2. The number of hydrogen-bond acceptors (Lipinski definition) is 6. The van der Waals surface area contributed by atoms with Gasteiger partial charge in [0, 0.05) is 11.4 Å². The highest BCUT2D eigenvalue weighted by Crippen LogP contribution is 2.27. The van der Waals surface area contributed by atoms with Crippen LogP contribution in [0.2, 0.25) is 5.02 Å². The molecule has 0 radical (unpaired) electrons. The summed E-state index contributed by atoms with van der Waals surface area (Å²) in [6, 6.07) is 12.3. The van der Waals surface area contributed by atoms with Crippen molar-refractivity contribution in [3.63, 3.8) is 0 Å². The highest BCUT2D eigenvalue weighted by Gasteiger charge is 2.19. The molecule has 0 unspecified atom stereocenters. The Kier molecular flexibility index (Phi) is 6.53. The number of benzene rings is 2. The lowest BCUT2D eigenvalue weighted by molar-refractivity contribution is -0.116. The van der Waals surface area contributed by atoms with Gasteiger partial charge in [-0.1, -0.05) is 35.9 Å². The van der Waals surface area contributed by atoms with Crippen LogP contribution in [0.5, 0.6) is 5.75 Å². The molecule has 4 N–H and O–H groups in total. The monoisotopic (exact) mass is 428 g/mol. The SMILES string of the molecule is CCc1ccc(NC(=O)c2nnn(CC(=O)Nc3ccc(OC)c(Cl)c3)c2N)cc1. The molecule has 9 nitrogen and oxygen atoms in total. The lowest BCUT2D eigenvalue weighted by atomic mass is 10.1. The number of nitrogens with one attached hydrogen (secondary N) is 2. The van der Waals surface area contributed by atoms with E-state index in [1.165, 1.54) is 7.11 Å². The fourth-order valence-corrected chi connectivity index (χ4v) is 2.95. The van der Waals surface area contributed by atoms with Gasteiger partial charge in [0.15, 0.2) is 11.5 Å². The number of methoxy groups -OCH3 is 1. The molecule has 1 aromatic heterocycles. The lowest BCUT2D eigenvalue weighted by Crippen LogP contribution is -2.21. The fraction of sp³-hybridized carbons (Fsp3) is 0.200. The van der Waals surface area contributed by atoms with Crippen molar-refractivity contribution in [1.82, 2.24) is 15.0 Å². The summed E-state index contributed by atoms with van der Waals surface area (Å²) in [6.07, 6.45) is 0.903. The van der Waals surface area contributed by atoms with Crippen molar-refractivity contribution in [2.45, 2.75) is 19.9 Å². The smallest absolute Gasteiger partial charge is 0.280 e. The number of aryl methyl sites for hydroxylation is 1. The van der Waals surface area contributed by atoms with Crippen molar-refractivity contribution in [1.29, 1.82) is 0 Å². The van der Waals surface area contributed by atoms with Crippen LogP contribution in [0.15, 0.2) is 42.5 Å². The Morgan fingerprint density at radius 1 is 1.13 bits per heavy atom. The van der Waals surface area contributed by atoms with E-state index < -0.39 is 11.8 Å². The summed E-state index contributed by atoms with van der Waals surface area (Å²) in [5.41, 5.74) is 8.16. The third-order valence-corrected chi connectivity index (χ3v) is 4.63. The van der Waals surface area contributed by atoms with Gasteiger partial charge in [-0.15, -0.1) is 5.10 Å². The molecular formula is C20H21ClN6O3. The molecule has 10 heteroatoms. The molecule has 156 valence electrons. The molecule has 2 aromatic carbocycles. The number of nitrogens with two attached hydrogens (primary N) is 1. The summed E-state index contributed by atoms with van der Waals surface area (Å²) < 4.78 is 6.22. The molecule has 0 atom stereocenters. The van der Waals surface area contributed by atoms with E-state index in [2.05, 4.69) is 20.9 Å². The van der Waals surface area contributed by atoms with Crippen molar-refractivity contribution in [3.8, 4) is 5.75 Å². The zero-order chi connectivity index (χ0) is 21.7. The van der Waals surface area contributed by atoms with Gasteiger partial charge in [0.05, 0.1) is 12.1 Å². The molecule has 2 amide bonds. The van der Waals surface area contributed by atoms with E-state index in [-0.39, 0.29) is 18.1 Å². The summed E-state index contributed by atoms with van der Waals surface area (Å²) >= 11 is 6.05. The van der Waals surface area contributed by atoms with E-state index in [1.54, 1.807) is 30.3 Å². The first-order valence-corrected chi connectivity index (χ1v) is 9.51. The zero-order valence-electron chi connectivity index (χ0n) is 16.5. The van der Waals surface area contributed by atoms with Crippen LogP contribution in [0.1, 0.15) is 23.0 Å². The van der Waals surface area contributed by atoms with Gasteiger partial charge in [-0.05, 0) is 42.3 Å². The molecule has 30 heavy (non-hydrogen) atoms. The summed E-state index contributed by atoms with van der Waals surface area (Å²) in [5.74, 6) is -0.434. The lowest BCUT2D eigenvalue weighted by Gasteiger charge is -2.08. The number of halogens is 1. The molecule has 0 aliphatic carbocycles. The molecule has 0 saturated heterocycles. The number of anilines is 3. The van der Waals surface area contributed by atoms with E-state index in [0.717, 1.165) is 16.7 Å². The van der Waals surface area contributed by atoms with Gasteiger partial charge in [-0.25, -0.2) is 4.68 Å². The van der Waals surface area contributed by atoms with Gasteiger partial charge in [-0.2, -0.15) is 0 Å². The van der Waals surface area contributed by atoms with Gasteiger partial charge in [0.1, 0.15) is 12.3 Å². The van der Waals surface area contributed by atoms with Crippen LogP contribution in [-0.4, -0.2) is 33.9 Å². The largest absolute Gasteiger partial charge is 0.495 e. The highest BCUT2D eigenvalue weighted by molar-refractivity contribution is 6.32. The third kappa shape index (κ3) is 4.87. The Bertz CT molecular complexity index is 1060. The highest BCUT2D eigenvalue weighted by atomic mass is 35.5. The van der Waals surface area contributed by atoms with E-state index in [1.807, 2.05) is 19.1 Å². The van der Waals surface area contributed by atoms with Crippen molar-refractivity contribution >= 4 is 40.6 Å². The number of nitrogens with zero attached hydrogens (tertiary/aromatic N) is 3. The second-order valence-electron chi connectivity index (χ2n) is 6.38. The van der Waals surface area contributed by atoms with E-state index in [0.29, 0.717) is 22.1 Å². The van der Waals surface area contributed by atoms with Gasteiger partial charge >= 0.3 is 0 Å². The first-order chi connectivity index (χ1) is 14.4.